The first-order valence-electron chi connectivity index (χ1n) is 9.98. The van der Waals surface area contributed by atoms with Gasteiger partial charge in [-0.05, 0) is 30.5 Å². The molecule has 0 bridgehead atoms. The third-order valence-electron chi connectivity index (χ3n) is 4.29. The molecule has 0 aliphatic heterocycles. The molecule has 0 aliphatic rings. The SMILES string of the molecule is CCCNc1nc(NCc2ccc(Cl)c(Cl)c2)nc2c(NCCC)nc(NC)nc12.Cl. The predicted molar refractivity (Wildman–Crippen MR) is 133 cm³/mol. The first-order valence-corrected chi connectivity index (χ1v) is 10.7. The van der Waals surface area contributed by atoms with Crippen molar-refractivity contribution in [2.75, 3.05) is 41.4 Å². The van der Waals surface area contributed by atoms with E-state index in [0.717, 1.165) is 31.5 Å². The summed E-state index contributed by atoms with van der Waals surface area (Å²) in [5.41, 5.74) is 2.30. The molecule has 11 heteroatoms. The minimum atomic E-state index is 0. The Kier molecular flexibility index (Phi) is 9.61. The van der Waals surface area contributed by atoms with Gasteiger partial charge in [-0.15, -0.1) is 12.4 Å². The number of anilines is 4. The van der Waals surface area contributed by atoms with Crippen LogP contribution in [-0.4, -0.2) is 40.1 Å². The van der Waals surface area contributed by atoms with Crippen LogP contribution in [0.4, 0.5) is 23.5 Å². The molecule has 4 N–H and O–H groups in total. The number of benzene rings is 1. The van der Waals surface area contributed by atoms with Crippen LogP contribution in [0.3, 0.4) is 0 Å². The summed E-state index contributed by atoms with van der Waals surface area (Å²) >= 11 is 12.1. The van der Waals surface area contributed by atoms with Crippen LogP contribution in [0.1, 0.15) is 32.3 Å². The number of hydrogen-bond donors (Lipinski definition) is 4. The summed E-state index contributed by atoms with van der Waals surface area (Å²) in [5, 5.41) is 14.0. The van der Waals surface area contributed by atoms with Crippen molar-refractivity contribution in [3.8, 4) is 0 Å². The molecule has 0 unspecified atom stereocenters. The van der Waals surface area contributed by atoms with Gasteiger partial charge in [0, 0.05) is 26.7 Å². The second kappa shape index (κ2) is 11.9. The van der Waals surface area contributed by atoms with Gasteiger partial charge in [0.25, 0.3) is 0 Å². The van der Waals surface area contributed by atoms with Crippen molar-refractivity contribution >= 4 is 70.2 Å². The third-order valence-corrected chi connectivity index (χ3v) is 5.03. The molecule has 0 radical (unpaired) electrons. The number of hydrogen-bond acceptors (Lipinski definition) is 8. The minimum absolute atomic E-state index is 0. The third kappa shape index (κ3) is 6.35. The Labute approximate surface area is 198 Å². The fourth-order valence-corrected chi connectivity index (χ4v) is 3.09. The highest BCUT2D eigenvalue weighted by Gasteiger charge is 2.15. The zero-order valence-corrected chi connectivity index (χ0v) is 20.0. The van der Waals surface area contributed by atoms with Gasteiger partial charge in [-0.2, -0.15) is 9.97 Å². The van der Waals surface area contributed by atoms with Crippen molar-refractivity contribution in [3.05, 3.63) is 33.8 Å². The van der Waals surface area contributed by atoms with Crippen molar-refractivity contribution in [2.45, 2.75) is 33.2 Å². The van der Waals surface area contributed by atoms with Crippen LogP contribution in [0, 0.1) is 0 Å². The molecular formula is C20H27Cl3N8. The van der Waals surface area contributed by atoms with Crippen molar-refractivity contribution < 1.29 is 0 Å². The van der Waals surface area contributed by atoms with Gasteiger partial charge >= 0.3 is 0 Å². The number of halogens is 3. The first kappa shape index (κ1) is 25.0. The van der Waals surface area contributed by atoms with E-state index in [2.05, 4.69) is 50.1 Å². The molecule has 0 fully saturated rings. The summed E-state index contributed by atoms with van der Waals surface area (Å²) in [4.78, 5) is 18.5. The fourth-order valence-electron chi connectivity index (χ4n) is 2.77. The van der Waals surface area contributed by atoms with Crippen molar-refractivity contribution in [3.63, 3.8) is 0 Å². The van der Waals surface area contributed by atoms with E-state index in [0.29, 0.717) is 51.2 Å². The lowest BCUT2D eigenvalue weighted by atomic mass is 10.2. The molecule has 0 saturated carbocycles. The number of fused-ring (bicyclic) bond motifs is 1. The van der Waals surface area contributed by atoms with E-state index >= 15 is 0 Å². The highest BCUT2D eigenvalue weighted by molar-refractivity contribution is 6.42. The van der Waals surface area contributed by atoms with Gasteiger partial charge in [-0.25, -0.2) is 9.97 Å². The maximum Gasteiger partial charge on any atom is 0.225 e. The van der Waals surface area contributed by atoms with Gasteiger partial charge in [0.05, 0.1) is 10.0 Å². The zero-order valence-electron chi connectivity index (χ0n) is 17.7. The van der Waals surface area contributed by atoms with E-state index in [4.69, 9.17) is 28.2 Å². The summed E-state index contributed by atoms with van der Waals surface area (Å²) in [6, 6.07) is 5.51. The average Bonchev–Trinajstić information content (AvgIpc) is 2.76. The number of rotatable bonds is 10. The second-order valence-electron chi connectivity index (χ2n) is 6.69. The molecule has 0 spiro atoms. The van der Waals surface area contributed by atoms with Gasteiger partial charge in [-0.3, -0.25) is 0 Å². The van der Waals surface area contributed by atoms with Crippen LogP contribution in [0.2, 0.25) is 10.0 Å². The van der Waals surface area contributed by atoms with E-state index in [1.807, 2.05) is 12.1 Å². The largest absolute Gasteiger partial charge is 0.368 e. The van der Waals surface area contributed by atoms with E-state index in [-0.39, 0.29) is 12.4 Å². The fraction of sp³-hybridized carbons (Fsp3) is 0.400. The lowest BCUT2D eigenvalue weighted by Gasteiger charge is -2.14. The van der Waals surface area contributed by atoms with Gasteiger partial charge < -0.3 is 21.3 Å². The highest BCUT2D eigenvalue weighted by atomic mass is 35.5. The summed E-state index contributed by atoms with van der Waals surface area (Å²) < 4.78 is 0. The molecule has 3 rings (SSSR count). The smallest absolute Gasteiger partial charge is 0.225 e. The van der Waals surface area contributed by atoms with Crippen LogP contribution in [0.25, 0.3) is 11.0 Å². The van der Waals surface area contributed by atoms with Crippen molar-refractivity contribution in [1.82, 2.24) is 19.9 Å². The molecular weight excluding hydrogens is 459 g/mol. The van der Waals surface area contributed by atoms with Crippen LogP contribution >= 0.6 is 35.6 Å². The van der Waals surface area contributed by atoms with Crippen LogP contribution in [0.5, 0.6) is 0 Å². The average molecular weight is 486 g/mol. The summed E-state index contributed by atoms with van der Waals surface area (Å²) in [6.07, 6.45) is 1.93. The Balaban J connectivity index is 0.00000341. The van der Waals surface area contributed by atoms with E-state index in [1.54, 1.807) is 13.1 Å². The standard InChI is InChI=1S/C20H26Cl2N8.ClH/c1-4-8-24-17-16-15(27-19(23-3)29-17)18(25-9-5-2)30-20(28-16)26-11-12-6-7-13(21)14(22)10-12;/h6-7,10H,4-5,8-9,11H2,1-3H3,(H2,23,24,27,29)(H2,25,26,28,30);1H. The van der Waals surface area contributed by atoms with E-state index in [1.165, 1.54) is 0 Å². The van der Waals surface area contributed by atoms with Crippen LogP contribution in [0.15, 0.2) is 18.2 Å². The molecule has 8 nitrogen and oxygen atoms in total. The van der Waals surface area contributed by atoms with Crippen molar-refractivity contribution in [1.29, 1.82) is 0 Å². The molecule has 0 atom stereocenters. The maximum absolute atomic E-state index is 6.12. The molecule has 168 valence electrons. The molecule has 0 aliphatic carbocycles. The molecule has 2 heterocycles. The van der Waals surface area contributed by atoms with Gasteiger partial charge in [0.2, 0.25) is 11.9 Å². The Morgan fingerprint density at radius 2 is 1.35 bits per heavy atom. The van der Waals surface area contributed by atoms with Gasteiger partial charge in [-0.1, -0.05) is 43.1 Å². The quantitative estimate of drug-likeness (QED) is 0.301. The normalized spacial score (nSPS) is 10.5. The molecule has 1 aromatic carbocycles. The van der Waals surface area contributed by atoms with Crippen LogP contribution < -0.4 is 21.3 Å². The lowest BCUT2D eigenvalue weighted by molar-refractivity contribution is 0.958. The minimum Gasteiger partial charge on any atom is -0.368 e. The zero-order chi connectivity index (χ0) is 21.5. The molecule has 3 aromatic rings. The van der Waals surface area contributed by atoms with E-state index < -0.39 is 0 Å². The van der Waals surface area contributed by atoms with Crippen LogP contribution in [-0.2, 0) is 6.54 Å². The summed E-state index contributed by atoms with van der Waals surface area (Å²) in [5.74, 6) is 2.33. The Bertz CT molecular complexity index is 1020. The predicted octanol–water partition coefficient (Wildman–Crippen LogP) is 5.45. The molecule has 31 heavy (non-hydrogen) atoms. The lowest BCUT2D eigenvalue weighted by Crippen LogP contribution is -2.12. The molecule has 0 saturated heterocycles. The maximum atomic E-state index is 6.12. The van der Waals surface area contributed by atoms with E-state index in [9.17, 15) is 0 Å². The number of nitrogens with one attached hydrogen (secondary N) is 4. The first-order chi connectivity index (χ1) is 14.5. The second-order valence-corrected chi connectivity index (χ2v) is 7.51. The Morgan fingerprint density at radius 3 is 1.90 bits per heavy atom. The molecule has 2 aromatic heterocycles. The number of nitrogens with zero attached hydrogens (tertiary/aromatic N) is 4. The highest BCUT2D eigenvalue weighted by Crippen LogP contribution is 2.27. The van der Waals surface area contributed by atoms with Crippen molar-refractivity contribution in [2.24, 2.45) is 0 Å². The Hall–Kier alpha value is -2.29. The molecule has 0 amide bonds. The Morgan fingerprint density at radius 1 is 0.774 bits per heavy atom. The summed E-state index contributed by atoms with van der Waals surface area (Å²) in [6.45, 7) is 6.26. The summed E-state index contributed by atoms with van der Waals surface area (Å²) in [7, 11) is 1.79. The number of aromatic nitrogens is 4. The topological polar surface area (TPSA) is 99.7 Å². The monoisotopic (exact) mass is 484 g/mol. The van der Waals surface area contributed by atoms with Gasteiger partial charge in [0.1, 0.15) is 11.0 Å². The van der Waals surface area contributed by atoms with Gasteiger partial charge in [0.15, 0.2) is 11.6 Å².